The Bertz CT molecular complexity index is 772. The molecule has 0 saturated heterocycles. The summed E-state index contributed by atoms with van der Waals surface area (Å²) >= 11 is 5.35. The first-order valence-electron chi connectivity index (χ1n) is 9.15. The Kier molecular flexibility index (Phi) is 6.02. The number of aryl methyl sites for hydroxylation is 1. The van der Waals surface area contributed by atoms with Crippen LogP contribution in [-0.2, 0) is 11.3 Å². The second kappa shape index (κ2) is 8.43. The fourth-order valence-electron chi connectivity index (χ4n) is 3.47. The lowest BCUT2D eigenvalue weighted by atomic mass is 10.1. The highest BCUT2D eigenvalue weighted by Crippen LogP contribution is 2.19. The molecule has 3 rings (SSSR count). The number of hydrogen-bond acceptors (Lipinski definition) is 3. The molecule has 0 aliphatic heterocycles. The fourth-order valence-corrected chi connectivity index (χ4v) is 3.69. The number of carbonyl (C=O) groups is 1. The number of amides is 1. The van der Waals surface area contributed by atoms with Crippen LogP contribution in [-0.4, -0.2) is 26.7 Å². The van der Waals surface area contributed by atoms with Gasteiger partial charge in [0.25, 0.3) is 0 Å². The highest BCUT2D eigenvalue weighted by atomic mass is 32.1. The third-order valence-electron chi connectivity index (χ3n) is 4.82. The van der Waals surface area contributed by atoms with Crippen LogP contribution in [0.2, 0.25) is 0 Å². The highest BCUT2D eigenvalue weighted by Gasteiger charge is 2.16. The Morgan fingerprint density at radius 3 is 2.80 bits per heavy atom. The maximum atomic E-state index is 12.3. The molecule has 0 unspecified atom stereocenters. The van der Waals surface area contributed by atoms with E-state index in [4.69, 9.17) is 12.2 Å². The van der Waals surface area contributed by atoms with Gasteiger partial charge in [-0.05, 0) is 38.0 Å². The highest BCUT2D eigenvalue weighted by molar-refractivity contribution is 7.71. The van der Waals surface area contributed by atoms with Crippen molar-refractivity contribution >= 4 is 18.1 Å². The molecule has 1 amide bonds. The van der Waals surface area contributed by atoms with E-state index >= 15 is 0 Å². The predicted octanol–water partition coefficient (Wildman–Crippen LogP) is 4.15. The van der Waals surface area contributed by atoms with Crippen LogP contribution in [0, 0.1) is 11.7 Å². The molecule has 1 aromatic carbocycles. The summed E-state index contributed by atoms with van der Waals surface area (Å²) in [4.78, 5) is 12.3. The van der Waals surface area contributed by atoms with Gasteiger partial charge in [-0.1, -0.05) is 49.4 Å². The molecule has 1 saturated carbocycles. The van der Waals surface area contributed by atoms with Crippen molar-refractivity contribution in [3.05, 3.63) is 34.6 Å². The molecule has 1 fully saturated rings. The van der Waals surface area contributed by atoms with Gasteiger partial charge < -0.3 is 5.32 Å². The minimum atomic E-state index is 0.102. The molecule has 1 aliphatic rings. The van der Waals surface area contributed by atoms with Crippen LogP contribution in [0.5, 0.6) is 0 Å². The molecule has 6 heteroatoms. The Balaban J connectivity index is 1.64. The molecule has 0 bridgehead atoms. The number of aromatic amines is 1. The van der Waals surface area contributed by atoms with Gasteiger partial charge in [-0.3, -0.25) is 14.5 Å². The standard InChI is InChI=1S/C19H26N4OS/c1-14-7-6-8-15(13-14)18-21-22-19(25)23(18)12-11-17(24)20-16-9-4-2-3-5-10-16/h6-8,13,16H,2-5,9-12H2,1H3,(H,20,24)(H,22,25). The second-order valence-corrected chi connectivity index (χ2v) is 7.27. The molecule has 134 valence electrons. The number of rotatable bonds is 5. The molecular formula is C19H26N4OS. The van der Waals surface area contributed by atoms with E-state index in [1.54, 1.807) is 0 Å². The van der Waals surface area contributed by atoms with Crippen LogP contribution in [0.25, 0.3) is 11.4 Å². The van der Waals surface area contributed by atoms with Gasteiger partial charge >= 0.3 is 0 Å². The average Bonchev–Trinajstić information content (AvgIpc) is 2.79. The summed E-state index contributed by atoms with van der Waals surface area (Å²) in [7, 11) is 0. The largest absolute Gasteiger partial charge is 0.353 e. The quantitative estimate of drug-likeness (QED) is 0.623. The van der Waals surface area contributed by atoms with Crippen molar-refractivity contribution in [2.75, 3.05) is 0 Å². The molecule has 5 nitrogen and oxygen atoms in total. The van der Waals surface area contributed by atoms with E-state index in [0.717, 1.165) is 24.2 Å². The van der Waals surface area contributed by atoms with E-state index in [-0.39, 0.29) is 5.91 Å². The molecular weight excluding hydrogens is 332 g/mol. The van der Waals surface area contributed by atoms with Crippen LogP contribution >= 0.6 is 12.2 Å². The fraction of sp³-hybridized carbons (Fsp3) is 0.526. The first-order valence-corrected chi connectivity index (χ1v) is 9.56. The molecule has 2 N–H and O–H groups in total. The first-order chi connectivity index (χ1) is 12.1. The number of hydrogen-bond donors (Lipinski definition) is 2. The van der Waals surface area contributed by atoms with Crippen LogP contribution in [0.3, 0.4) is 0 Å². The van der Waals surface area contributed by atoms with Gasteiger partial charge in [0, 0.05) is 24.6 Å². The number of nitrogens with one attached hydrogen (secondary N) is 2. The van der Waals surface area contributed by atoms with E-state index in [1.807, 2.05) is 16.7 Å². The van der Waals surface area contributed by atoms with E-state index in [9.17, 15) is 4.79 Å². The van der Waals surface area contributed by atoms with Crippen molar-refractivity contribution in [1.82, 2.24) is 20.1 Å². The number of nitrogens with zero attached hydrogens (tertiary/aromatic N) is 2. The lowest BCUT2D eigenvalue weighted by Gasteiger charge is -2.16. The number of aromatic nitrogens is 3. The van der Waals surface area contributed by atoms with Crippen molar-refractivity contribution in [2.45, 2.75) is 64.5 Å². The van der Waals surface area contributed by atoms with Gasteiger partial charge in [-0.2, -0.15) is 5.10 Å². The van der Waals surface area contributed by atoms with Gasteiger partial charge in [0.15, 0.2) is 10.6 Å². The summed E-state index contributed by atoms with van der Waals surface area (Å²) in [6, 6.07) is 8.48. The Morgan fingerprint density at radius 1 is 1.32 bits per heavy atom. The Hall–Kier alpha value is -1.95. The minimum Gasteiger partial charge on any atom is -0.353 e. The van der Waals surface area contributed by atoms with Crippen LogP contribution in [0.4, 0.5) is 0 Å². The van der Waals surface area contributed by atoms with Gasteiger partial charge in [0.2, 0.25) is 5.91 Å². The second-order valence-electron chi connectivity index (χ2n) is 6.88. The molecule has 1 aromatic heterocycles. The Labute approximate surface area is 153 Å². The summed E-state index contributed by atoms with van der Waals surface area (Å²) in [6.45, 7) is 2.59. The topological polar surface area (TPSA) is 62.7 Å². The monoisotopic (exact) mass is 358 g/mol. The number of carbonyl (C=O) groups excluding carboxylic acids is 1. The third kappa shape index (κ3) is 4.78. The summed E-state index contributed by atoms with van der Waals surface area (Å²) in [5.41, 5.74) is 2.18. The maximum absolute atomic E-state index is 12.3. The van der Waals surface area contributed by atoms with Crippen molar-refractivity contribution in [3.8, 4) is 11.4 Å². The van der Waals surface area contributed by atoms with Crippen LogP contribution in [0.1, 0.15) is 50.5 Å². The zero-order valence-corrected chi connectivity index (χ0v) is 15.6. The molecule has 0 spiro atoms. The third-order valence-corrected chi connectivity index (χ3v) is 5.13. The predicted molar refractivity (Wildman–Crippen MR) is 102 cm³/mol. The normalized spacial score (nSPS) is 15.7. The number of H-pyrrole nitrogens is 1. The summed E-state index contributed by atoms with van der Waals surface area (Å²) in [5, 5.41) is 10.4. The summed E-state index contributed by atoms with van der Waals surface area (Å²) in [6.07, 6.45) is 7.64. The van der Waals surface area contributed by atoms with E-state index in [2.05, 4.69) is 34.6 Å². The zero-order valence-electron chi connectivity index (χ0n) is 14.8. The minimum absolute atomic E-state index is 0.102. The number of benzene rings is 1. The van der Waals surface area contributed by atoms with E-state index < -0.39 is 0 Å². The van der Waals surface area contributed by atoms with Gasteiger partial charge in [-0.15, -0.1) is 0 Å². The maximum Gasteiger partial charge on any atom is 0.222 e. The molecule has 0 atom stereocenters. The van der Waals surface area contributed by atoms with Gasteiger partial charge in [0.05, 0.1) is 0 Å². The van der Waals surface area contributed by atoms with Gasteiger partial charge in [-0.25, -0.2) is 0 Å². The summed E-state index contributed by atoms with van der Waals surface area (Å²) in [5.74, 6) is 0.890. The summed E-state index contributed by atoms with van der Waals surface area (Å²) < 4.78 is 2.47. The molecule has 1 heterocycles. The van der Waals surface area contributed by atoms with Crippen molar-refractivity contribution < 1.29 is 4.79 Å². The molecule has 2 aromatic rings. The van der Waals surface area contributed by atoms with Crippen molar-refractivity contribution in [3.63, 3.8) is 0 Å². The molecule has 1 aliphatic carbocycles. The lowest BCUT2D eigenvalue weighted by molar-refractivity contribution is -0.122. The molecule has 25 heavy (non-hydrogen) atoms. The first kappa shape index (κ1) is 17.9. The van der Waals surface area contributed by atoms with Crippen molar-refractivity contribution in [1.29, 1.82) is 0 Å². The van der Waals surface area contributed by atoms with E-state index in [1.165, 1.54) is 31.2 Å². The smallest absolute Gasteiger partial charge is 0.222 e. The average molecular weight is 359 g/mol. The SMILES string of the molecule is Cc1cccc(-c2n[nH]c(=S)n2CCC(=O)NC2CCCCCC2)c1. The van der Waals surface area contributed by atoms with Crippen LogP contribution < -0.4 is 5.32 Å². The Morgan fingerprint density at radius 2 is 2.08 bits per heavy atom. The van der Waals surface area contributed by atoms with Gasteiger partial charge in [0.1, 0.15) is 0 Å². The van der Waals surface area contributed by atoms with Crippen LogP contribution in [0.15, 0.2) is 24.3 Å². The lowest BCUT2D eigenvalue weighted by Crippen LogP contribution is -2.34. The van der Waals surface area contributed by atoms with Crippen molar-refractivity contribution in [2.24, 2.45) is 0 Å². The zero-order chi connectivity index (χ0) is 17.6. The van der Waals surface area contributed by atoms with E-state index in [0.29, 0.717) is 23.8 Å². The molecule has 0 radical (unpaired) electrons.